The first-order valence-electron chi connectivity index (χ1n) is 9.17. The van der Waals surface area contributed by atoms with Crippen LogP contribution in [0.4, 0.5) is 0 Å². The van der Waals surface area contributed by atoms with Gasteiger partial charge >= 0.3 is 5.97 Å². The molecule has 1 aliphatic heterocycles. The van der Waals surface area contributed by atoms with Crippen molar-refractivity contribution in [2.24, 2.45) is 11.8 Å². The average molecular weight is 355 g/mol. The molecular formula is C21H25NO4. The van der Waals surface area contributed by atoms with E-state index in [0.29, 0.717) is 18.8 Å². The van der Waals surface area contributed by atoms with E-state index in [1.807, 2.05) is 42.5 Å². The number of nitrogens with one attached hydrogen (secondary N) is 1. The van der Waals surface area contributed by atoms with Gasteiger partial charge in [-0.05, 0) is 41.5 Å². The SMILES string of the molecule is O=C(CCC1CCOC1)NCC(Cc1cccc2ccccc12)C(=O)O. The van der Waals surface area contributed by atoms with Gasteiger partial charge in [0, 0.05) is 26.2 Å². The largest absolute Gasteiger partial charge is 0.481 e. The van der Waals surface area contributed by atoms with E-state index in [1.54, 1.807) is 0 Å². The Balaban J connectivity index is 1.56. The van der Waals surface area contributed by atoms with Crippen molar-refractivity contribution in [3.05, 3.63) is 48.0 Å². The predicted octanol–water partition coefficient (Wildman–Crippen LogP) is 3.02. The zero-order valence-corrected chi connectivity index (χ0v) is 14.8. The third-order valence-electron chi connectivity index (χ3n) is 5.04. The molecular weight excluding hydrogens is 330 g/mol. The number of carboxylic acid groups (broad SMARTS) is 1. The summed E-state index contributed by atoms with van der Waals surface area (Å²) in [6, 6.07) is 13.9. The number of carboxylic acids is 1. The van der Waals surface area contributed by atoms with Crippen molar-refractivity contribution in [3.63, 3.8) is 0 Å². The van der Waals surface area contributed by atoms with Gasteiger partial charge in [0.1, 0.15) is 0 Å². The predicted molar refractivity (Wildman–Crippen MR) is 99.9 cm³/mol. The number of carbonyl (C=O) groups is 2. The number of carbonyl (C=O) groups excluding carboxylic acids is 1. The minimum atomic E-state index is -0.887. The molecule has 2 atom stereocenters. The topological polar surface area (TPSA) is 75.6 Å². The highest BCUT2D eigenvalue weighted by Gasteiger charge is 2.21. The van der Waals surface area contributed by atoms with Crippen molar-refractivity contribution in [1.29, 1.82) is 0 Å². The molecule has 0 spiro atoms. The van der Waals surface area contributed by atoms with Gasteiger partial charge in [0.25, 0.3) is 0 Å². The Morgan fingerprint density at radius 2 is 2.00 bits per heavy atom. The lowest BCUT2D eigenvalue weighted by atomic mass is 9.94. The fourth-order valence-electron chi connectivity index (χ4n) is 3.45. The molecule has 5 nitrogen and oxygen atoms in total. The van der Waals surface area contributed by atoms with Crippen LogP contribution in [-0.4, -0.2) is 36.7 Å². The highest BCUT2D eigenvalue weighted by Crippen LogP contribution is 2.21. The minimum Gasteiger partial charge on any atom is -0.481 e. The zero-order chi connectivity index (χ0) is 18.4. The Labute approximate surface area is 153 Å². The highest BCUT2D eigenvalue weighted by molar-refractivity contribution is 5.86. The van der Waals surface area contributed by atoms with Crippen LogP contribution in [-0.2, 0) is 20.7 Å². The summed E-state index contributed by atoms with van der Waals surface area (Å²) in [7, 11) is 0. The number of aliphatic carboxylic acids is 1. The van der Waals surface area contributed by atoms with Crippen molar-refractivity contribution in [3.8, 4) is 0 Å². The first-order chi connectivity index (χ1) is 12.6. The molecule has 1 saturated heterocycles. The lowest BCUT2D eigenvalue weighted by Gasteiger charge is -2.15. The van der Waals surface area contributed by atoms with Gasteiger partial charge in [0.05, 0.1) is 5.92 Å². The smallest absolute Gasteiger partial charge is 0.308 e. The number of hydrogen-bond donors (Lipinski definition) is 2. The zero-order valence-electron chi connectivity index (χ0n) is 14.8. The molecule has 26 heavy (non-hydrogen) atoms. The van der Waals surface area contributed by atoms with Gasteiger partial charge in [0.15, 0.2) is 0 Å². The Hall–Kier alpha value is -2.40. The number of fused-ring (bicyclic) bond motifs is 1. The number of benzene rings is 2. The first-order valence-corrected chi connectivity index (χ1v) is 9.17. The molecule has 0 aromatic heterocycles. The van der Waals surface area contributed by atoms with E-state index in [-0.39, 0.29) is 12.5 Å². The molecule has 1 heterocycles. The molecule has 1 fully saturated rings. The molecule has 1 amide bonds. The minimum absolute atomic E-state index is 0.0823. The standard InChI is InChI=1S/C21H25NO4/c23-20(9-8-15-10-11-26-14-15)22-13-18(21(24)25)12-17-6-3-5-16-4-1-2-7-19(16)17/h1-7,15,18H,8-14H2,(H,22,23)(H,24,25). The summed E-state index contributed by atoms with van der Waals surface area (Å²) < 4.78 is 5.31. The van der Waals surface area contributed by atoms with Crippen molar-refractivity contribution in [1.82, 2.24) is 5.32 Å². The van der Waals surface area contributed by atoms with Crippen LogP contribution in [0.25, 0.3) is 10.8 Å². The molecule has 0 saturated carbocycles. The lowest BCUT2D eigenvalue weighted by molar-refractivity contribution is -0.141. The fraction of sp³-hybridized carbons (Fsp3) is 0.429. The van der Waals surface area contributed by atoms with Crippen LogP contribution in [0.3, 0.4) is 0 Å². The summed E-state index contributed by atoms with van der Waals surface area (Å²) in [4.78, 5) is 23.7. The fourth-order valence-corrected chi connectivity index (χ4v) is 3.45. The van der Waals surface area contributed by atoms with Gasteiger partial charge in [-0.2, -0.15) is 0 Å². The number of amides is 1. The van der Waals surface area contributed by atoms with Gasteiger partial charge in [-0.15, -0.1) is 0 Å². The Morgan fingerprint density at radius 1 is 1.19 bits per heavy atom. The molecule has 5 heteroatoms. The van der Waals surface area contributed by atoms with Crippen molar-refractivity contribution in [2.75, 3.05) is 19.8 Å². The molecule has 2 N–H and O–H groups in total. The molecule has 0 aliphatic carbocycles. The van der Waals surface area contributed by atoms with E-state index in [9.17, 15) is 14.7 Å². The third-order valence-corrected chi connectivity index (χ3v) is 5.04. The first kappa shape index (κ1) is 18.4. The number of hydrogen-bond acceptors (Lipinski definition) is 3. The van der Waals surface area contributed by atoms with Crippen LogP contribution in [0.5, 0.6) is 0 Å². The molecule has 138 valence electrons. The highest BCUT2D eigenvalue weighted by atomic mass is 16.5. The van der Waals surface area contributed by atoms with Crippen LogP contribution in [0, 0.1) is 11.8 Å². The monoisotopic (exact) mass is 355 g/mol. The van der Waals surface area contributed by atoms with Gasteiger partial charge in [-0.3, -0.25) is 9.59 Å². The Bertz CT molecular complexity index is 762. The van der Waals surface area contributed by atoms with E-state index in [2.05, 4.69) is 5.32 Å². The summed E-state index contributed by atoms with van der Waals surface area (Å²) in [6.45, 7) is 1.66. The van der Waals surface area contributed by atoms with Gasteiger partial charge in [-0.1, -0.05) is 42.5 Å². The molecule has 2 unspecified atom stereocenters. The summed E-state index contributed by atoms with van der Waals surface area (Å²) in [5.74, 6) is -1.16. The third kappa shape index (κ3) is 4.82. The summed E-state index contributed by atoms with van der Waals surface area (Å²) >= 11 is 0. The average Bonchev–Trinajstić information content (AvgIpc) is 3.17. The molecule has 1 aliphatic rings. The van der Waals surface area contributed by atoms with E-state index >= 15 is 0 Å². The second-order valence-corrected chi connectivity index (χ2v) is 6.95. The maximum absolute atomic E-state index is 12.0. The molecule has 2 aromatic rings. The summed E-state index contributed by atoms with van der Waals surface area (Å²) in [5, 5.41) is 14.5. The van der Waals surface area contributed by atoms with E-state index < -0.39 is 11.9 Å². The van der Waals surface area contributed by atoms with Gasteiger partial charge < -0.3 is 15.2 Å². The number of rotatable bonds is 8. The van der Waals surface area contributed by atoms with Crippen LogP contribution in [0.1, 0.15) is 24.8 Å². The second-order valence-electron chi connectivity index (χ2n) is 6.95. The van der Waals surface area contributed by atoms with E-state index in [1.165, 1.54) is 0 Å². The second kappa shape index (κ2) is 8.81. The maximum Gasteiger partial charge on any atom is 0.308 e. The Kier molecular flexibility index (Phi) is 6.23. The number of ether oxygens (including phenoxy) is 1. The van der Waals surface area contributed by atoms with Crippen LogP contribution >= 0.6 is 0 Å². The molecule has 3 rings (SSSR count). The molecule has 0 radical (unpaired) electrons. The lowest BCUT2D eigenvalue weighted by Crippen LogP contribution is -2.34. The van der Waals surface area contributed by atoms with E-state index in [0.717, 1.165) is 42.4 Å². The van der Waals surface area contributed by atoms with Crippen LogP contribution < -0.4 is 5.32 Å². The van der Waals surface area contributed by atoms with E-state index in [4.69, 9.17) is 4.74 Å². The summed E-state index contributed by atoms with van der Waals surface area (Å²) in [5.41, 5.74) is 0.993. The van der Waals surface area contributed by atoms with Crippen molar-refractivity contribution >= 4 is 22.6 Å². The molecule has 2 aromatic carbocycles. The molecule has 0 bridgehead atoms. The van der Waals surface area contributed by atoms with Gasteiger partial charge in [-0.25, -0.2) is 0 Å². The Morgan fingerprint density at radius 3 is 2.77 bits per heavy atom. The van der Waals surface area contributed by atoms with Crippen molar-refractivity contribution < 1.29 is 19.4 Å². The van der Waals surface area contributed by atoms with Crippen molar-refractivity contribution in [2.45, 2.75) is 25.7 Å². The van der Waals surface area contributed by atoms with Crippen LogP contribution in [0.2, 0.25) is 0 Å². The maximum atomic E-state index is 12.0. The quantitative estimate of drug-likeness (QED) is 0.763. The van der Waals surface area contributed by atoms with Crippen LogP contribution in [0.15, 0.2) is 42.5 Å². The normalized spacial score (nSPS) is 17.9. The van der Waals surface area contributed by atoms with Gasteiger partial charge in [0.2, 0.25) is 5.91 Å². The summed E-state index contributed by atoms with van der Waals surface area (Å²) in [6.07, 6.45) is 2.63.